The van der Waals surface area contributed by atoms with Gasteiger partial charge in [0.1, 0.15) is 0 Å². The minimum atomic E-state index is 0.258. The summed E-state index contributed by atoms with van der Waals surface area (Å²) in [6, 6.07) is 2.61. The lowest BCUT2D eigenvalue weighted by atomic mass is 9.85. The number of hydrogen-bond donors (Lipinski definition) is 2. The molecule has 4 nitrogen and oxygen atoms in total. The fourth-order valence-corrected chi connectivity index (χ4v) is 5.55. The molecule has 0 spiro atoms. The summed E-state index contributed by atoms with van der Waals surface area (Å²) in [6.45, 7) is 16.3. The molecule has 3 aliphatic rings. The van der Waals surface area contributed by atoms with Crippen molar-refractivity contribution < 1.29 is 4.74 Å². The van der Waals surface area contributed by atoms with Gasteiger partial charge in [-0.15, -0.1) is 0 Å². The summed E-state index contributed by atoms with van der Waals surface area (Å²) in [5.74, 6) is 1.66. The maximum absolute atomic E-state index is 5.49. The number of ether oxygens (including phenoxy) is 1. The number of nitrogens with one attached hydrogen (secondary N) is 2. The van der Waals surface area contributed by atoms with Crippen molar-refractivity contribution in [1.82, 2.24) is 15.5 Å². The fourth-order valence-electron chi connectivity index (χ4n) is 5.55. The van der Waals surface area contributed by atoms with Gasteiger partial charge in [0, 0.05) is 42.9 Å². The molecule has 3 rings (SSSR count). The summed E-state index contributed by atoms with van der Waals surface area (Å²) in [4.78, 5) is 2.64. The zero-order valence-corrected chi connectivity index (χ0v) is 17.9. The molecule has 1 aliphatic carbocycles. The van der Waals surface area contributed by atoms with E-state index in [1.54, 1.807) is 0 Å². The maximum atomic E-state index is 5.49. The highest BCUT2D eigenvalue weighted by Gasteiger charge is 2.38. The van der Waals surface area contributed by atoms with Gasteiger partial charge in [-0.2, -0.15) is 0 Å². The molecule has 0 aromatic carbocycles. The van der Waals surface area contributed by atoms with E-state index in [-0.39, 0.29) is 5.54 Å². The largest absolute Gasteiger partial charge is 0.380 e. The molecular formula is C22H43N3O. The molecule has 4 heteroatoms. The first-order valence-electron chi connectivity index (χ1n) is 11.2. The molecule has 2 saturated heterocycles. The molecule has 2 N–H and O–H groups in total. The van der Waals surface area contributed by atoms with E-state index in [0.717, 1.165) is 25.0 Å². The lowest BCUT2D eigenvalue weighted by Crippen LogP contribution is -2.51. The van der Waals surface area contributed by atoms with Gasteiger partial charge >= 0.3 is 0 Å². The molecule has 0 bridgehead atoms. The van der Waals surface area contributed by atoms with E-state index in [0.29, 0.717) is 24.2 Å². The van der Waals surface area contributed by atoms with Crippen LogP contribution >= 0.6 is 0 Å². The van der Waals surface area contributed by atoms with Crippen molar-refractivity contribution in [3.8, 4) is 0 Å². The Labute approximate surface area is 161 Å². The van der Waals surface area contributed by atoms with Crippen LogP contribution in [0.25, 0.3) is 0 Å². The first-order chi connectivity index (χ1) is 12.3. The Bertz CT molecular complexity index is 433. The van der Waals surface area contributed by atoms with Gasteiger partial charge in [-0.3, -0.25) is 0 Å². The van der Waals surface area contributed by atoms with Gasteiger partial charge in [0.15, 0.2) is 0 Å². The van der Waals surface area contributed by atoms with Crippen LogP contribution in [0.2, 0.25) is 0 Å². The van der Waals surface area contributed by atoms with Gasteiger partial charge in [-0.05, 0) is 91.5 Å². The van der Waals surface area contributed by atoms with Crippen LogP contribution in [0.15, 0.2) is 0 Å². The van der Waals surface area contributed by atoms with Crippen LogP contribution in [0.1, 0.15) is 73.1 Å². The standard InChI is InChI=1S/C22H43N3O/c1-16(2)25-10-8-19(14-25)22(4,5)24-20-7-6-18(13-20)12-17(3)23-21-9-11-26-15-21/h16-21,23-24H,6-15H2,1-5H3/t17?,18?,19?,20?,21-/m1/s1. The predicted octanol–water partition coefficient (Wildman–Crippen LogP) is 3.41. The molecule has 0 amide bonds. The minimum Gasteiger partial charge on any atom is -0.380 e. The summed E-state index contributed by atoms with van der Waals surface area (Å²) < 4.78 is 5.49. The highest BCUT2D eigenvalue weighted by molar-refractivity contribution is 4.96. The Kier molecular flexibility index (Phi) is 7.04. The van der Waals surface area contributed by atoms with Gasteiger partial charge in [0.2, 0.25) is 0 Å². The average molecular weight is 366 g/mol. The minimum absolute atomic E-state index is 0.258. The van der Waals surface area contributed by atoms with Crippen LogP contribution in [0.4, 0.5) is 0 Å². The summed E-state index contributed by atoms with van der Waals surface area (Å²) in [6.07, 6.45) is 7.95. The third kappa shape index (κ3) is 5.43. The first kappa shape index (κ1) is 20.6. The van der Waals surface area contributed by atoms with Crippen molar-refractivity contribution in [2.24, 2.45) is 11.8 Å². The second kappa shape index (κ2) is 8.89. The molecule has 1 saturated carbocycles. The van der Waals surface area contributed by atoms with Gasteiger partial charge in [0.05, 0.1) is 6.61 Å². The van der Waals surface area contributed by atoms with Crippen molar-refractivity contribution in [1.29, 1.82) is 0 Å². The zero-order valence-electron chi connectivity index (χ0n) is 17.9. The molecule has 152 valence electrons. The SMILES string of the molecule is CC(CC1CCC(NC(C)(C)C2CCN(C(C)C)C2)C1)N[C@@H]1CCOC1. The van der Waals surface area contributed by atoms with E-state index in [1.165, 1.54) is 51.6 Å². The van der Waals surface area contributed by atoms with E-state index in [2.05, 4.69) is 50.2 Å². The summed E-state index contributed by atoms with van der Waals surface area (Å²) in [7, 11) is 0. The van der Waals surface area contributed by atoms with E-state index in [4.69, 9.17) is 4.74 Å². The van der Waals surface area contributed by atoms with Crippen LogP contribution in [0.3, 0.4) is 0 Å². The maximum Gasteiger partial charge on any atom is 0.0620 e. The average Bonchev–Trinajstić information content (AvgIpc) is 3.28. The van der Waals surface area contributed by atoms with Crippen molar-refractivity contribution in [3.63, 3.8) is 0 Å². The Balaban J connectivity index is 1.40. The van der Waals surface area contributed by atoms with Crippen molar-refractivity contribution in [3.05, 3.63) is 0 Å². The van der Waals surface area contributed by atoms with E-state index < -0.39 is 0 Å². The summed E-state index contributed by atoms with van der Waals surface area (Å²) >= 11 is 0. The van der Waals surface area contributed by atoms with Gasteiger partial charge in [-0.25, -0.2) is 0 Å². The van der Waals surface area contributed by atoms with Gasteiger partial charge in [-0.1, -0.05) is 0 Å². The van der Waals surface area contributed by atoms with Crippen LogP contribution in [0, 0.1) is 11.8 Å². The second-order valence-corrected chi connectivity index (χ2v) is 10.2. The molecule has 2 heterocycles. The summed E-state index contributed by atoms with van der Waals surface area (Å²) in [5, 5.41) is 7.84. The molecule has 0 aromatic rings. The fraction of sp³-hybridized carbons (Fsp3) is 1.00. The number of rotatable bonds is 8. The van der Waals surface area contributed by atoms with E-state index in [1.807, 2.05) is 0 Å². The molecule has 5 atom stereocenters. The third-order valence-corrected chi connectivity index (χ3v) is 7.22. The topological polar surface area (TPSA) is 36.5 Å². The highest BCUT2D eigenvalue weighted by Crippen LogP contribution is 2.34. The lowest BCUT2D eigenvalue weighted by Gasteiger charge is -2.36. The molecule has 2 aliphatic heterocycles. The van der Waals surface area contributed by atoms with E-state index >= 15 is 0 Å². The smallest absolute Gasteiger partial charge is 0.0620 e. The molecular weight excluding hydrogens is 322 g/mol. The Morgan fingerprint density at radius 3 is 2.54 bits per heavy atom. The van der Waals surface area contributed by atoms with Crippen molar-refractivity contribution >= 4 is 0 Å². The third-order valence-electron chi connectivity index (χ3n) is 7.22. The molecule has 0 radical (unpaired) electrons. The van der Waals surface area contributed by atoms with Crippen LogP contribution in [0.5, 0.6) is 0 Å². The predicted molar refractivity (Wildman–Crippen MR) is 110 cm³/mol. The summed E-state index contributed by atoms with van der Waals surface area (Å²) in [5.41, 5.74) is 0.258. The number of likely N-dealkylation sites (tertiary alicyclic amines) is 1. The molecule has 26 heavy (non-hydrogen) atoms. The van der Waals surface area contributed by atoms with Crippen LogP contribution in [-0.4, -0.2) is 60.9 Å². The zero-order chi connectivity index (χ0) is 18.7. The Morgan fingerprint density at radius 1 is 1.08 bits per heavy atom. The normalized spacial score (nSPS) is 34.8. The second-order valence-electron chi connectivity index (χ2n) is 10.2. The van der Waals surface area contributed by atoms with Gasteiger partial charge in [0.25, 0.3) is 0 Å². The Morgan fingerprint density at radius 2 is 1.88 bits per heavy atom. The van der Waals surface area contributed by atoms with Crippen molar-refractivity contribution in [2.75, 3.05) is 26.3 Å². The van der Waals surface area contributed by atoms with E-state index in [9.17, 15) is 0 Å². The monoisotopic (exact) mass is 365 g/mol. The molecule has 3 fully saturated rings. The van der Waals surface area contributed by atoms with Crippen LogP contribution in [-0.2, 0) is 4.74 Å². The molecule has 0 aromatic heterocycles. The number of nitrogens with zero attached hydrogens (tertiary/aromatic N) is 1. The molecule has 4 unspecified atom stereocenters. The lowest BCUT2D eigenvalue weighted by molar-refractivity contribution is 0.187. The van der Waals surface area contributed by atoms with Crippen molar-refractivity contribution in [2.45, 2.75) is 103 Å². The number of hydrogen-bond acceptors (Lipinski definition) is 4. The van der Waals surface area contributed by atoms with Gasteiger partial charge < -0.3 is 20.3 Å². The Hall–Kier alpha value is -0.160. The highest BCUT2D eigenvalue weighted by atomic mass is 16.5. The van der Waals surface area contributed by atoms with Crippen LogP contribution < -0.4 is 10.6 Å². The quantitative estimate of drug-likeness (QED) is 0.691. The first-order valence-corrected chi connectivity index (χ1v) is 11.2.